The summed E-state index contributed by atoms with van der Waals surface area (Å²) in [5, 5.41) is 0.596. The van der Waals surface area contributed by atoms with Crippen molar-refractivity contribution in [2.24, 2.45) is 0 Å². The van der Waals surface area contributed by atoms with E-state index in [1.165, 1.54) is 24.0 Å². The van der Waals surface area contributed by atoms with Crippen LogP contribution >= 0.6 is 11.6 Å². The van der Waals surface area contributed by atoms with E-state index >= 15 is 0 Å². The van der Waals surface area contributed by atoms with Crippen LogP contribution in [0.5, 0.6) is 0 Å². The van der Waals surface area contributed by atoms with Gasteiger partial charge in [-0.3, -0.25) is 19.3 Å². The van der Waals surface area contributed by atoms with Gasteiger partial charge in [-0.05, 0) is 36.8 Å². The van der Waals surface area contributed by atoms with Crippen LogP contribution in [0.2, 0.25) is 5.02 Å². The minimum Gasteiger partial charge on any atom is -0.454 e. The number of imide groups is 1. The molecule has 0 bridgehead atoms. The predicted octanol–water partition coefficient (Wildman–Crippen LogP) is 2.53. The fourth-order valence-electron chi connectivity index (χ4n) is 2.98. The number of hydrogen-bond acceptors (Lipinski definition) is 5. The zero-order valence-electron chi connectivity index (χ0n) is 15.9. The molecule has 2 aromatic carbocycles. The van der Waals surface area contributed by atoms with Crippen LogP contribution in [-0.4, -0.2) is 53.2 Å². The maximum Gasteiger partial charge on any atom is 0.329 e. The van der Waals surface area contributed by atoms with Crippen LogP contribution in [0.4, 0.5) is 0 Å². The lowest BCUT2D eigenvalue weighted by atomic mass is 10.1. The molecule has 0 spiro atoms. The average molecular weight is 415 g/mol. The number of ether oxygens (including phenoxy) is 1. The first-order valence-electron chi connectivity index (χ1n) is 8.91. The lowest BCUT2D eigenvalue weighted by Gasteiger charge is -2.22. The van der Waals surface area contributed by atoms with Gasteiger partial charge < -0.3 is 9.64 Å². The largest absolute Gasteiger partial charge is 0.454 e. The van der Waals surface area contributed by atoms with Crippen LogP contribution in [-0.2, 0) is 20.9 Å². The normalized spacial score (nSPS) is 13.8. The van der Waals surface area contributed by atoms with E-state index in [1.54, 1.807) is 43.4 Å². The minimum atomic E-state index is -1.14. The number of likely N-dealkylation sites (N-methyl/N-ethyl adjacent to an activating group) is 1. The van der Waals surface area contributed by atoms with E-state index in [9.17, 15) is 19.2 Å². The summed E-state index contributed by atoms with van der Waals surface area (Å²) < 4.78 is 5.05. The summed E-state index contributed by atoms with van der Waals surface area (Å²) in [4.78, 5) is 51.7. The molecule has 2 aromatic rings. The Balaban J connectivity index is 1.56. The van der Waals surface area contributed by atoms with E-state index in [0.717, 1.165) is 10.5 Å². The van der Waals surface area contributed by atoms with Gasteiger partial charge in [0.05, 0.1) is 11.1 Å². The monoisotopic (exact) mass is 414 g/mol. The molecule has 8 heteroatoms. The topological polar surface area (TPSA) is 84.0 Å². The fraction of sp³-hybridized carbons (Fsp3) is 0.238. The van der Waals surface area contributed by atoms with Gasteiger partial charge in [-0.15, -0.1) is 0 Å². The third-order valence-corrected chi connectivity index (χ3v) is 4.90. The Bertz CT molecular complexity index is 938. The Labute approximate surface area is 172 Å². The van der Waals surface area contributed by atoms with Gasteiger partial charge in [0.2, 0.25) is 0 Å². The molecule has 0 N–H and O–H groups in total. The van der Waals surface area contributed by atoms with Crippen molar-refractivity contribution in [2.75, 3.05) is 13.7 Å². The van der Waals surface area contributed by atoms with Gasteiger partial charge in [-0.1, -0.05) is 35.9 Å². The number of rotatable bonds is 6. The van der Waals surface area contributed by atoms with Crippen molar-refractivity contribution in [1.82, 2.24) is 9.80 Å². The van der Waals surface area contributed by atoms with Crippen molar-refractivity contribution in [3.8, 4) is 0 Å². The van der Waals surface area contributed by atoms with Gasteiger partial charge in [0.15, 0.2) is 6.61 Å². The highest BCUT2D eigenvalue weighted by Crippen LogP contribution is 2.24. The first kappa shape index (κ1) is 20.5. The van der Waals surface area contributed by atoms with Gasteiger partial charge in [-0.2, -0.15) is 0 Å². The molecule has 0 fully saturated rings. The molecule has 0 radical (unpaired) electrons. The number of fused-ring (bicyclic) bond motifs is 1. The highest BCUT2D eigenvalue weighted by Gasteiger charge is 2.41. The lowest BCUT2D eigenvalue weighted by molar-refractivity contribution is -0.154. The zero-order chi connectivity index (χ0) is 21.1. The summed E-state index contributed by atoms with van der Waals surface area (Å²) >= 11 is 5.84. The number of amides is 3. The van der Waals surface area contributed by atoms with E-state index in [4.69, 9.17) is 16.3 Å². The minimum absolute atomic E-state index is 0.246. The molecule has 0 unspecified atom stereocenters. The molecule has 1 atom stereocenters. The molecule has 0 saturated carbocycles. The van der Waals surface area contributed by atoms with Gasteiger partial charge in [0, 0.05) is 18.6 Å². The Morgan fingerprint density at radius 1 is 1.03 bits per heavy atom. The molecule has 0 saturated heterocycles. The molecule has 3 amide bonds. The smallest absolute Gasteiger partial charge is 0.329 e. The second kappa shape index (κ2) is 8.45. The Morgan fingerprint density at radius 3 is 2.14 bits per heavy atom. The molecule has 1 aliphatic heterocycles. The Hall–Kier alpha value is -3.19. The van der Waals surface area contributed by atoms with Crippen molar-refractivity contribution in [3.05, 3.63) is 70.2 Å². The van der Waals surface area contributed by atoms with Gasteiger partial charge in [-0.25, -0.2) is 4.79 Å². The second-order valence-corrected chi connectivity index (χ2v) is 7.12. The standard InChI is InChI=1S/C21H19ClN2O5/c1-13(24-19(26)16-5-3-4-6-17(16)20(24)27)21(28)29-12-18(25)23(2)11-14-7-9-15(22)10-8-14/h3-10,13H,11-12H2,1-2H3/t13-/m0/s1. The van der Waals surface area contributed by atoms with Gasteiger partial charge >= 0.3 is 5.97 Å². The summed E-state index contributed by atoms with van der Waals surface area (Å²) in [7, 11) is 1.58. The van der Waals surface area contributed by atoms with E-state index in [2.05, 4.69) is 0 Å². The summed E-state index contributed by atoms with van der Waals surface area (Å²) in [5.41, 5.74) is 1.36. The van der Waals surface area contributed by atoms with E-state index < -0.39 is 36.3 Å². The number of carbonyl (C=O) groups excluding carboxylic acids is 4. The number of nitrogens with zero attached hydrogens (tertiary/aromatic N) is 2. The van der Waals surface area contributed by atoms with Crippen LogP contribution < -0.4 is 0 Å². The lowest BCUT2D eigenvalue weighted by Crippen LogP contribution is -2.44. The third kappa shape index (κ3) is 4.30. The van der Waals surface area contributed by atoms with E-state index in [1.807, 2.05) is 0 Å². The number of esters is 1. The van der Waals surface area contributed by atoms with Crippen LogP contribution in [0.3, 0.4) is 0 Å². The summed E-state index contributed by atoms with van der Waals surface area (Å²) in [5.74, 6) is -2.35. The summed E-state index contributed by atoms with van der Waals surface area (Å²) in [6.45, 7) is 1.23. The predicted molar refractivity (Wildman–Crippen MR) is 105 cm³/mol. The SMILES string of the molecule is C[C@@H](C(=O)OCC(=O)N(C)Cc1ccc(Cl)cc1)N1C(=O)c2ccccc2C1=O. The van der Waals surface area contributed by atoms with Crippen molar-refractivity contribution in [3.63, 3.8) is 0 Å². The number of halogens is 1. The summed E-state index contributed by atoms with van der Waals surface area (Å²) in [6.07, 6.45) is 0. The molecular formula is C21H19ClN2O5. The van der Waals surface area contributed by atoms with Gasteiger partial charge in [0.1, 0.15) is 6.04 Å². The fourth-order valence-corrected chi connectivity index (χ4v) is 3.11. The maximum atomic E-state index is 12.4. The highest BCUT2D eigenvalue weighted by atomic mass is 35.5. The first-order chi connectivity index (χ1) is 13.8. The quantitative estimate of drug-likeness (QED) is 0.535. The molecule has 29 heavy (non-hydrogen) atoms. The third-order valence-electron chi connectivity index (χ3n) is 4.65. The molecule has 1 heterocycles. The van der Waals surface area contributed by atoms with Crippen LogP contribution in [0.15, 0.2) is 48.5 Å². The molecule has 7 nitrogen and oxygen atoms in total. The van der Waals surface area contributed by atoms with Crippen molar-refractivity contribution in [1.29, 1.82) is 0 Å². The summed E-state index contributed by atoms with van der Waals surface area (Å²) in [6, 6.07) is 12.2. The van der Waals surface area contributed by atoms with Crippen molar-refractivity contribution >= 4 is 35.3 Å². The molecule has 0 aliphatic carbocycles. The van der Waals surface area contributed by atoms with Gasteiger partial charge in [0.25, 0.3) is 17.7 Å². The molecule has 3 rings (SSSR count). The molecule has 1 aliphatic rings. The van der Waals surface area contributed by atoms with E-state index in [0.29, 0.717) is 11.6 Å². The van der Waals surface area contributed by atoms with Crippen LogP contribution in [0, 0.1) is 0 Å². The highest BCUT2D eigenvalue weighted by molar-refractivity contribution is 6.30. The van der Waals surface area contributed by atoms with Crippen LogP contribution in [0.25, 0.3) is 0 Å². The average Bonchev–Trinajstić information content (AvgIpc) is 2.97. The number of hydrogen-bond donors (Lipinski definition) is 0. The van der Waals surface area contributed by atoms with Crippen molar-refractivity contribution in [2.45, 2.75) is 19.5 Å². The molecule has 0 aromatic heterocycles. The Morgan fingerprint density at radius 2 is 1.59 bits per heavy atom. The van der Waals surface area contributed by atoms with Crippen molar-refractivity contribution < 1.29 is 23.9 Å². The Kier molecular flexibility index (Phi) is 5.98. The number of carbonyl (C=O) groups is 4. The maximum absolute atomic E-state index is 12.4. The molecule has 150 valence electrons. The van der Waals surface area contributed by atoms with Crippen LogP contribution in [0.1, 0.15) is 33.2 Å². The first-order valence-corrected chi connectivity index (χ1v) is 9.29. The van der Waals surface area contributed by atoms with E-state index in [-0.39, 0.29) is 11.1 Å². The number of benzene rings is 2. The second-order valence-electron chi connectivity index (χ2n) is 6.69. The molecular weight excluding hydrogens is 396 g/mol. The zero-order valence-corrected chi connectivity index (χ0v) is 16.7.